The molecule has 0 aliphatic heterocycles. The molecule has 2 aromatic carbocycles. The van der Waals surface area contributed by atoms with Crippen LogP contribution in [0.1, 0.15) is 16.7 Å². The molecule has 0 saturated heterocycles. The Labute approximate surface area is 148 Å². The van der Waals surface area contributed by atoms with E-state index in [-0.39, 0.29) is 5.91 Å². The Hall–Kier alpha value is -2.95. The number of amides is 1. The summed E-state index contributed by atoms with van der Waals surface area (Å²) in [5.41, 5.74) is 3.76. The summed E-state index contributed by atoms with van der Waals surface area (Å²) in [7, 11) is 4.66. The third-order valence-corrected chi connectivity index (χ3v) is 3.98. The lowest BCUT2D eigenvalue weighted by atomic mass is 10.1. The fourth-order valence-electron chi connectivity index (χ4n) is 2.43. The van der Waals surface area contributed by atoms with Gasteiger partial charge in [0, 0.05) is 11.8 Å². The number of ether oxygens (including phenoxy) is 3. The van der Waals surface area contributed by atoms with Crippen LogP contribution in [0.4, 0.5) is 5.69 Å². The summed E-state index contributed by atoms with van der Waals surface area (Å²) in [4.78, 5) is 12.2. The summed E-state index contributed by atoms with van der Waals surface area (Å²) in [5, 5.41) is 2.89. The van der Waals surface area contributed by atoms with E-state index in [1.165, 1.54) is 6.08 Å². The first-order valence-electron chi connectivity index (χ1n) is 7.85. The number of anilines is 1. The maximum absolute atomic E-state index is 12.2. The molecule has 0 radical (unpaired) electrons. The zero-order valence-electron chi connectivity index (χ0n) is 15.2. The van der Waals surface area contributed by atoms with Gasteiger partial charge in [-0.3, -0.25) is 4.79 Å². The SMILES string of the molecule is COc1cc(C=CC(=O)Nc2cccc(C)c2C)cc(OC)c1OC. The predicted molar refractivity (Wildman–Crippen MR) is 99.7 cm³/mol. The van der Waals surface area contributed by atoms with Crippen molar-refractivity contribution in [2.75, 3.05) is 26.6 Å². The molecule has 0 fully saturated rings. The number of benzene rings is 2. The second kappa shape index (κ2) is 8.24. The fourth-order valence-corrected chi connectivity index (χ4v) is 2.43. The van der Waals surface area contributed by atoms with E-state index in [9.17, 15) is 4.79 Å². The molecule has 0 spiro atoms. The molecular formula is C20H23NO4. The molecule has 0 aliphatic rings. The highest BCUT2D eigenvalue weighted by Crippen LogP contribution is 2.38. The maximum Gasteiger partial charge on any atom is 0.248 e. The predicted octanol–water partition coefficient (Wildman–Crippen LogP) is 3.98. The Morgan fingerprint density at radius 3 is 2.20 bits per heavy atom. The Morgan fingerprint density at radius 1 is 1.00 bits per heavy atom. The Morgan fingerprint density at radius 2 is 1.64 bits per heavy atom. The molecule has 0 atom stereocenters. The van der Waals surface area contributed by atoms with E-state index in [4.69, 9.17) is 14.2 Å². The van der Waals surface area contributed by atoms with Crippen LogP contribution in [0.3, 0.4) is 0 Å². The molecule has 0 bridgehead atoms. The summed E-state index contributed by atoms with van der Waals surface area (Å²) < 4.78 is 15.9. The highest BCUT2D eigenvalue weighted by molar-refractivity contribution is 6.02. The van der Waals surface area contributed by atoms with E-state index < -0.39 is 0 Å². The first-order chi connectivity index (χ1) is 12.0. The molecule has 5 heteroatoms. The van der Waals surface area contributed by atoms with Crippen molar-refractivity contribution in [3.8, 4) is 17.2 Å². The minimum Gasteiger partial charge on any atom is -0.493 e. The van der Waals surface area contributed by atoms with Crippen molar-refractivity contribution in [3.63, 3.8) is 0 Å². The van der Waals surface area contributed by atoms with Crippen molar-refractivity contribution in [2.24, 2.45) is 0 Å². The molecule has 0 saturated carbocycles. The van der Waals surface area contributed by atoms with Crippen molar-refractivity contribution in [3.05, 3.63) is 53.1 Å². The van der Waals surface area contributed by atoms with E-state index in [1.54, 1.807) is 39.5 Å². The minimum atomic E-state index is -0.206. The third kappa shape index (κ3) is 4.32. The Kier molecular flexibility index (Phi) is 6.06. The molecule has 2 rings (SSSR count). The average Bonchev–Trinajstić information content (AvgIpc) is 2.62. The molecule has 0 aromatic heterocycles. The monoisotopic (exact) mass is 341 g/mol. The van der Waals surface area contributed by atoms with Gasteiger partial charge in [0.25, 0.3) is 0 Å². The van der Waals surface area contributed by atoms with Gasteiger partial charge in [-0.1, -0.05) is 12.1 Å². The van der Waals surface area contributed by atoms with Crippen molar-refractivity contribution in [1.29, 1.82) is 0 Å². The first-order valence-corrected chi connectivity index (χ1v) is 7.85. The molecule has 2 aromatic rings. The number of rotatable bonds is 6. The summed E-state index contributed by atoms with van der Waals surface area (Å²) in [6.07, 6.45) is 3.17. The average molecular weight is 341 g/mol. The van der Waals surface area contributed by atoms with Crippen LogP contribution in [-0.2, 0) is 4.79 Å². The van der Waals surface area contributed by atoms with E-state index in [0.717, 1.165) is 22.4 Å². The minimum absolute atomic E-state index is 0.206. The Balaban J connectivity index is 2.21. The van der Waals surface area contributed by atoms with Crippen LogP contribution < -0.4 is 19.5 Å². The van der Waals surface area contributed by atoms with Gasteiger partial charge in [-0.05, 0) is 54.8 Å². The highest BCUT2D eigenvalue weighted by Gasteiger charge is 2.12. The Bertz CT molecular complexity index is 771. The standard InChI is InChI=1S/C20H23NO4/c1-13-7-6-8-16(14(13)2)21-19(22)10-9-15-11-17(23-3)20(25-5)18(12-15)24-4/h6-12H,1-5H3,(H,21,22). The van der Waals surface area contributed by atoms with Crippen LogP contribution in [-0.4, -0.2) is 27.2 Å². The second-order valence-corrected chi connectivity index (χ2v) is 5.53. The molecule has 0 heterocycles. The van der Waals surface area contributed by atoms with Crippen molar-refractivity contribution in [1.82, 2.24) is 0 Å². The molecule has 1 N–H and O–H groups in total. The number of aryl methyl sites for hydroxylation is 1. The normalized spacial score (nSPS) is 10.6. The highest BCUT2D eigenvalue weighted by atomic mass is 16.5. The van der Waals surface area contributed by atoms with Crippen LogP contribution in [0.25, 0.3) is 6.08 Å². The summed E-state index contributed by atoms with van der Waals surface area (Å²) in [6, 6.07) is 9.37. The van der Waals surface area contributed by atoms with Gasteiger partial charge >= 0.3 is 0 Å². The van der Waals surface area contributed by atoms with Crippen LogP contribution in [0.5, 0.6) is 17.2 Å². The molecule has 132 valence electrons. The number of hydrogen-bond acceptors (Lipinski definition) is 4. The van der Waals surface area contributed by atoms with Crippen molar-refractivity contribution >= 4 is 17.7 Å². The number of carbonyl (C=O) groups excluding carboxylic acids is 1. The number of carbonyl (C=O) groups is 1. The van der Waals surface area contributed by atoms with E-state index >= 15 is 0 Å². The number of methoxy groups -OCH3 is 3. The lowest BCUT2D eigenvalue weighted by Gasteiger charge is -2.13. The number of nitrogens with one attached hydrogen (secondary N) is 1. The van der Waals surface area contributed by atoms with Crippen LogP contribution in [0, 0.1) is 13.8 Å². The molecule has 1 amide bonds. The molecular weight excluding hydrogens is 318 g/mol. The van der Waals surface area contributed by atoms with Gasteiger partial charge < -0.3 is 19.5 Å². The molecule has 25 heavy (non-hydrogen) atoms. The number of hydrogen-bond donors (Lipinski definition) is 1. The van der Waals surface area contributed by atoms with Gasteiger partial charge in [-0.2, -0.15) is 0 Å². The smallest absolute Gasteiger partial charge is 0.248 e. The van der Waals surface area contributed by atoms with E-state index in [1.807, 2.05) is 32.0 Å². The topological polar surface area (TPSA) is 56.8 Å². The van der Waals surface area contributed by atoms with Gasteiger partial charge in [0.05, 0.1) is 21.3 Å². The summed E-state index contributed by atoms with van der Waals surface area (Å²) in [6.45, 7) is 3.99. The van der Waals surface area contributed by atoms with E-state index in [2.05, 4.69) is 5.32 Å². The van der Waals surface area contributed by atoms with Gasteiger partial charge in [-0.15, -0.1) is 0 Å². The quantitative estimate of drug-likeness (QED) is 0.808. The summed E-state index contributed by atoms with van der Waals surface area (Å²) in [5.74, 6) is 1.39. The van der Waals surface area contributed by atoms with E-state index in [0.29, 0.717) is 17.2 Å². The molecule has 0 unspecified atom stereocenters. The van der Waals surface area contributed by atoms with Crippen molar-refractivity contribution in [2.45, 2.75) is 13.8 Å². The molecule has 0 aliphatic carbocycles. The summed E-state index contributed by atoms with van der Waals surface area (Å²) >= 11 is 0. The van der Waals surface area contributed by atoms with Crippen LogP contribution in [0.15, 0.2) is 36.4 Å². The first kappa shape index (κ1) is 18.4. The lowest BCUT2D eigenvalue weighted by molar-refractivity contribution is -0.111. The second-order valence-electron chi connectivity index (χ2n) is 5.53. The van der Waals surface area contributed by atoms with Gasteiger partial charge in [0.2, 0.25) is 11.7 Å². The maximum atomic E-state index is 12.2. The zero-order chi connectivity index (χ0) is 18.4. The van der Waals surface area contributed by atoms with Crippen molar-refractivity contribution < 1.29 is 19.0 Å². The van der Waals surface area contributed by atoms with Crippen LogP contribution >= 0.6 is 0 Å². The third-order valence-electron chi connectivity index (χ3n) is 3.98. The zero-order valence-corrected chi connectivity index (χ0v) is 15.2. The van der Waals surface area contributed by atoms with Gasteiger partial charge in [0.15, 0.2) is 11.5 Å². The van der Waals surface area contributed by atoms with Gasteiger partial charge in [0.1, 0.15) is 0 Å². The van der Waals surface area contributed by atoms with Gasteiger partial charge in [-0.25, -0.2) is 0 Å². The molecule has 5 nitrogen and oxygen atoms in total. The van der Waals surface area contributed by atoms with Crippen LogP contribution in [0.2, 0.25) is 0 Å². The largest absolute Gasteiger partial charge is 0.493 e. The lowest BCUT2D eigenvalue weighted by Crippen LogP contribution is -2.09. The fraction of sp³-hybridized carbons (Fsp3) is 0.250.